The molecule has 1 heterocycles. The molecule has 0 aliphatic carbocycles. The summed E-state index contributed by atoms with van der Waals surface area (Å²) in [7, 11) is 1.96. The third kappa shape index (κ3) is 4.54. The van der Waals surface area contributed by atoms with E-state index in [1.54, 1.807) is 0 Å². The van der Waals surface area contributed by atoms with Crippen LogP contribution in [0.15, 0.2) is 29.3 Å². The summed E-state index contributed by atoms with van der Waals surface area (Å²) < 4.78 is 0. The number of nitrogens with one attached hydrogen (secondary N) is 2. The Balaban J connectivity index is 0.00000128. The third-order valence-electron chi connectivity index (χ3n) is 2.51. The second-order valence-corrected chi connectivity index (χ2v) is 3.74. The van der Waals surface area contributed by atoms with E-state index in [2.05, 4.69) is 39.9 Å². The van der Waals surface area contributed by atoms with Crippen molar-refractivity contribution in [2.24, 2.45) is 4.99 Å². The molecule has 3 nitrogen and oxygen atoms in total. The van der Waals surface area contributed by atoms with Crippen LogP contribution in [0.5, 0.6) is 0 Å². The summed E-state index contributed by atoms with van der Waals surface area (Å²) in [5, 5.41) is 6.46. The zero-order chi connectivity index (χ0) is 10.5. The molecule has 0 radical (unpaired) electrons. The van der Waals surface area contributed by atoms with Gasteiger partial charge in [-0.2, -0.15) is 0 Å². The Labute approximate surface area is 115 Å². The first kappa shape index (κ1) is 16.2. The Bertz CT molecular complexity index is 349. The molecule has 5 heteroatoms. The highest BCUT2D eigenvalue weighted by Gasteiger charge is 2.05. The van der Waals surface area contributed by atoms with Gasteiger partial charge in [0.25, 0.3) is 0 Å². The van der Waals surface area contributed by atoms with Crippen LogP contribution in [0.4, 0.5) is 0 Å². The highest BCUT2D eigenvalue weighted by atomic mass is 35.5. The van der Waals surface area contributed by atoms with Crippen molar-refractivity contribution >= 4 is 30.6 Å². The van der Waals surface area contributed by atoms with E-state index >= 15 is 0 Å². The van der Waals surface area contributed by atoms with Crippen molar-refractivity contribution < 1.29 is 0 Å². The van der Waals surface area contributed by atoms with Gasteiger partial charge in [0.05, 0.1) is 0 Å². The highest BCUT2D eigenvalue weighted by molar-refractivity contribution is 5.99. The molecule has 1 aromatic rings. The van der Waals surface area contributed by atoms with Gasteiger partial charge in [-0.3, -0.25) is 4.99 Å². The second-order valence-electron chi connectivity index (χ2n) is 3.74. The predicted octanol–water partition coefficient (Wildman–Crippen LogP) is 1.99. The molecule has 0 atom stereocenters. The minimum absolute atomic E-state index is 0. The second kappa shape index (κ2) is 8.34. The Morgan fingerprint density at radius 2 is 1.94 bits per heavy atom. The largest absolute Gasteiger partial charge is 0.370 e. The Morgan fingerprint density at radius 1 is 1.24 bits per heavy atom. The standard InChI is InChI=1S/C12H17N3.2ClH/c1-13-9-10-3-5-11(6-4-10)12-14-7-2-8-15-12;;/h3-6,13H,2,7-9H2,1H3,(H,14,15);2*1H. The first-order chi connectivity index (χ1) is 7.40. The molecule has 0 spiro atoms. The predicted molar refractivity (Wildman–Crippen MR) is 77.7 cm³/mol. The fourth-order valence-corrected chi connectivity index (χ4v) is 1.71. The van der Waals surface area contributed by atoms with Crippen LogP contribution in [-0.2, 0) is 6.54 Å². The van der Waals surface area contributed by atoms with Crippen molar-refractivity contribution in [1.29, 1.82) is 0 Å². The lowest BCUT2D eigenvalue weighted by atomic mass is 10.1. The summed E-state index contributed by atoms with van der Waals surface area (Å²) in [6, 6.07) is 8.54. The normalized spacial score (nSPS) is 13.8. The van der Waals surface area contributed by atoms with Gasteiger partial charge in [-0.05, 0) is 19.0 Å². The average Bonchev–Trinajstić information content (AvgIpc) is 2.32. The minimum atomic E-state index is 0. The van der Waals surface area contributed by atoms with E-state index in [0.717, 1.165) is 31.9 Å². The zero-order valence-corrected chi connectivity index (χ0v) is 11.5. The van der Waals surface area contributed by atoms with E-state index < -0.39 is 0 Å². The van der Waals surface area contributed by atoms with E-state index in [-0.39, 0.29) is 24.8 Å². The van der Waals surface area contributed by atoms with E-state index in [0.29, 0.717) is 0 Å². The van der Waals surface area contributed by atoms with Crippen LogP contribution >= 0.6 is 24.8 Å². The van der Waals surface area contributed by atoms with Gasteiger partial charge in [0.2, 0.25) is 0 Å². The molecule has 0 aromatic heterocycles. The van der Waals surface area contributed by atoms with Crippen molar-refractivity contribution in [3.63, 3.8) is 0 Å². The smallest absolute Gasteiger partial charge is 0.128 e. The number of hydrogen-bond acceptors (Lipinski definition) is 3. The van der Waals surface area contributed by atoms with E-state index in [1.807, 2.05) is 7.05 Å². The maximum absolute atomic E-state index is 4.47. The average molecular weight is 276 g/mol. The molecule has 1 aliphatic heterocycles. The Morgan fingerprint density at radius 3 is 2.47 bits per heavy atom. The lowest BCUT2D eigenvalue weighted by molar-refractivity contribution is 0.742. The van der Waals surface area contributed by atoms with Crippen LogP contribution in [0, 0.1) is 0 Å². The van der Waals surface area contributed by atoms with Gasteiger partial charge in [0.15, 0.2) is 0 Å². The first-order valence-corrected chi connectivity index (χ1v) is 5.42. The maximum Gasteiger partial charge on any atom is 0.128 e. The van der Waals surface area contributed by atoms with Crippen molar-refractivity contribution in [3.8, 4) is 0 Å². The van der Waals surface area contributed by atoms with E-state index in [1.165, 1.54) is 11.1 Å². The molecule has 96 valence electrons. The summed E-state index contributed by atoms with van der Waals surface area (Å²) in [5.41, 5.74) is 2.49. The molecular weight excluding hydrogens is 257 g/mol. The fraction of sp³-hybridized carbons (Fsp3) is 0.417. The third-order valence-corrected chi connectivity index (χ3v) is 2.51. The number of halogens is 2. The van der Waals surface area contributed by atoms with Crippen LogP contribution < -0.4 is 10.6 Å². The highest BCUT2D eigenvalue weighted by Crippen LogP contribution is 2.06. The summed E-state index contributed by atoms with van der Waals surface area (Å²) in [6.07, 6.45) is 1.14. The molecule has 0 saturated heterocycles. The first-order valence-electron chi connectivity index (χ1n) is 5.42. The van der Waals surface area contributed by atoms with Crippen molar-refractivity contribution in [1.82, 2.24) is 10.6 Å². The molecule has 0 fully saturated rings. The van der Waals surface area contributed by atoms with Crippen LogP contribution in [-0.4, -0.2) is 26.0 Å². The molecule has 0 amide bonds. The monoisotopic (exact) mass is 275 g/mol. The van der Waals surface area contributed by atoms with Crippen LogP contribution in [0.1, 0.15) is 17.5 Å². The van der Waals surface area contributed by atoms with Crippen molar-refractivity contribution in [3.05, 3.63) is 35.4 Å². The summed E-state index contributed by atoms with van der Waals surface area (Å²) in [4.78, 5) is 4.47. The topological polar surface area (TPSA) is 36.4 Å². The van der Waals surface area contributed by atoms with E-state index in [4.69, 9.17) is 0 Å². The lowest BCUT2D eigenvalue weighted by Crippen LogP contribution is -2.30. The molecule has 0 unspecified atom stereocenters. The molecule has 2 rings (SSSR count). The molecule has 1 aliphatic rings. The van der Waals surface area contributed by atoms with Gasteiger partial charge in [-0.1, -0.05) is 24.3 Å². The number of hydrogen-bond donors (Lipinski definition) is 2. The zero-order valence-electron chi connectivity index (χ0n) is 9.90. The molecular formula is C12H19Cl2N3. The Kier molecular flexibility index (Phi) is 7.96. The summed E-state index contributed by atoms with van der Waals surface area (Å²) >= 11 is 0. The number of amidine groups is 1. The van der Waals surface area contributed by atoms with Gasteiger partial charge in [0.1, 0.15) is 5.84 Å². The maximum atomic E-state index is 4.47. The number of benzene rings is 1. The molecule has 17 heavy (non-hydrogen) atoms. The minimum Gasteiger partial charge on any atom is -0.370 e. The molecule has 1 aromatic carbocycles. The van der Waals surface area contributed by atoms with Crippen LogP contribution in [0.3, 0.4) is 0 Å². The molecule has 2 N–H and O–H groups in total. The number of rotatable bonds is 3. The SMILES string of the molecule is CNCc1ccc(C2=NCCCN2)cc1.Cl.Cl. The van der Waals surface area contributed by atoms with Gasteiger partial charge < -0.3 is 10.6 Å². The van der Waals surface area contributed by atoms with Crippen LogP contribution in [0.2, 0.25) is 0 Å². The summed E-state index contributed by atoms with van der Waals surface area (Å²) in [6.45, 7) is 2.90. The van der Waals surface area contributed by atoms with Crippen LogP contribution in [0.25, 0.3) is 0 Å². The van der Waals surface area contributed by atoms with E-state index in [9.17, 15) is 0 Å². The van der Waals surface area contributed by atoms with Gasteiger partial charge in [0, 0.05) is 25.2 Å². The van der Waals surface area contributed by atoms with Gasteiger partial charge in [-0.15, -0.1) is 24.8 Å². The number of nitrogens with zero attached hydrogens (tertiary/aromatic N) is 1. The fourth-order valence-electron chi connectivity index (χ4n) is 1.71. The van der Waals surface area contributed by atoms with Crippen molar-refractivity contribution in [2.45, 2.75) is 13.0 Å². The van der Waals surface area contributed by atoms with Gasteiger partial charge in [-0.25, -0.2) is 0 Å². The quantitative estimate of drug-likeness (QED) is 0.885. The van der Waals surface area contributed by atoms with Gasteiger partial charge >= 0.3 is 0 Å². The summed E-state index contributed by atoms with van der Waals surface area (Å²) in [5.74, 6) is 1.04. The lowest BCUT2D eigenvalue weighted by Gasteiger charge is -2.14. The Hall–Kier alpha value is -0.770. The number of aliphatic imine (C=N–C) groups is 1. The molecule has 0 saturated carbocycles. The molecule has 0 bridgehead atoms. The van der Waals surface area contributed by atoms with Crippen molar-refractivity contribution in [2.75, 3.05) is 20.1 Å².